The molecule has 0 aromatic heterocycles. The van der Waals surface area contributed by atoms with Crippen LogP contribution in [0, 0.1) is 5.41 Å². The summed E-state index contributed by atoms with van der Waals surface area (Å²) in [6.45, 7) is 2.39. The van der Waals surface area contributed by atoms with Crippen LogP contribution in [0.4, 0.5) is 0 Å². The molecular weight excluding hydrogens is 287 g/mol. The Kier molecular flexibility index (Phi) is 4.34. The second-order valence-electron chi connectivity index (χ2n) is 4.49. The van der Waals surface area contributed by atoms with E-state index in [1.165, 1.54) is 0 Å². The van der Waals surface area contributed by atoms with E-state index in [-0.39, 0.29) is 5.91 Å². The highest BCUT2D eigenvalue weighted by atomic mass is 35.5. The van der Waals surface area contributed by atoms with E-state index in [0.29, 0.717) is 25.9 Å². The largest absolute Gasteiger partial charge is 0.355 e. The van der Waals surface area contributed by atoms with Crippen molar-refractivity contribution in [1.82, 2.24) is 10.0 Å². The van der Waals surface area contributed by atoms with Crippen LogP contribution in [-0.4, -0.2) is 38.0 Å². The first-order valence-electron chi connectivity index (χ1n) is 5.19. The van der Waals surface area contributed by atoms with Gasteiger partial charge in [0.15, 0.2) is 0 Å². The summed E-state index contributed by atoms with van der Waals surface area (Å²) in [4.78, 5) is 11.7. The highest BCUT2D eigenvalue weighted by Gasteiger charge is 2.67. The summed E-state index contributed by atoms with van der Waals surface area (Å²) in [5, 5.41) is 2.68. The van der Waals surface area contributed by atoms with Gasteiger partial charge in [-0.15, -0.1) is 23.2 Å². The second-order valence-corrected chi connectivity index (χ2v) is 7.81. The molecule has 0 spiro atoms. The number of rotatable bonds is 6. The van der Waals surface area contributed by atoms with Crippen LogP contribution in [0.25, 0.3) is 0 Å². The molecule has 0 saturated heterocycles. The van der Waals surface area contributed by atoms with E-state index in [1.807, 2.05) is 0 Å². The minimum absolute atomic E-state index is 0.193. The first-order valence-corrected chi connectivity index (χ1v) is 7.84. The molecule has 0 unspecified atom stereocenters. The lowest BCUT2D eigenvalue weighted by Crippen LogP contribution is -2.35. The van der Waals surface area contributed by atoms with Crippen molar-refractivity contribution in [3.05, 3.63) is 0 Å². The van der Waals surface area contributed by atoms with Gasteiger partial charge >= 0.3 is 0 Å². The Labute approximate surface area is 111 Å². The van der Waals surface area contributed by atoms with Crippen LogP contribution in [0.3, 0.4) is 0 Å². The van der Waals surface area contributed by atoms with Crippen LogP contribution in [0.2, 0.25) is 0 Å². The molecule has 1 rings (SSSR count). The van der Waals surface area contributed by atoms with E-state index < -0.39 is 19.8 Å². The third kappa shape index (κ3) is 3.98. The maximum atomic E-state index is 11.7. The third-order valence-corrected chi connectivity index (χ3v) is 4.59. The molecule has 1 aliphatic carbocycles. The van der Waals surface area contributed by atoms with Gasteiger partial charge in [-0.25, -0.2) is 13.1 Å². The molecule has 0 aliphatic heterocycles. The summed E-state index contributed by atoms with van der Waals surface area (Å²) in [6.07, 6.45) is 2.05. The van der Waals surface area contributed by atoms with Crippen molar-refractivity contribution in [2.24, 2.45) is 5.41 Å². The molecule has 0 bridgehead atoms. The summed E-state index contributed by atoms with van der Waals surface area (Å²) in [6, 6.07) is 0. The van der Waals surface area contributed by atoms with E-state index in [2.05, 4.69) is 10.0 Å². The second kappa shape index (κ2) is 4.91. The number of hydrogen-bond acceptors (Lipinski definition) is 3. The fraction of sp³-hybridized carbons (Fsp3) is 0.889. The number of carbonyl (C=O) groups is 1. The van der Waals surface area contributed by atoms with Crippen molar-refractivity contribution in [1.29, 1.82) is 0 Å². The zero-order valence-corrected chi connectivity index (χ0v) is 12.0. The molecule has 100 valence electrons. The Balaban J connectivity index is 2.19. The summed E-state index contributed by atoms with van der Waals surface area (Å²) < 4.78 is 22.9. The molecule has 5 nitrogen and oxygen atoms in total. The normalized spacial score (nSPS) is 26.6. The summed E-state index contributed by atoms with van der Waals surface area (Å²) in [5.41, 5.74) is -0.722. The Bertz CT molecular complexity index is 410. The van der Waals surface area contributed by atoms with Crippen LogP contribution in [0.15, 0.2) is 0 Å². The van der Waals surface area contributed by atoms with Crippen molar-refractivity contribution in [2.45, 2.75) is 24.1 Å². The molecule has 1 aliphatic rings. The molecule has 1 fully saturated rings. The topological polar surface area (TPSA) is 75.3 Å². The van der Waals surface area contributed by atoms with Gasteiger partial charge in [0, 0.05) is 13.1 Å². The summed E-state index contributed by atoms with van der Waals surface area (Å²) in [5.74, 6) is -0.193. The molecule has 0 aromatic rings. The number of carbonyl (C=O) groups excluding carboxylic acids is 1. The van der Waals surface area contributed by atoms with Gasteiger partial charge in [-0.05, 0) is 19.8 Å². The molecule has 1 amide bonds. The monoisotopic (exact) mass is 302 g/mol. The van der Waals surface area contributed by atoms with Crippen molar-refractivity contribution >= 4 is 39.1 Å². The quantitative estimate of drug-likeness (QED) is 0.558. The molecule has 0 radical (unpaired) electrons. The molecule has 1 atom stereocenters. The lowest BCUT2D eigenvalue weighted by Gasteiger charge is -2.12. The predicted molar refractivity (Wildman–Crippen MR) is 67.6 cm³/mol. The highest BCUT2D eigenvalue weighted by molar-refractivity contribution is 7.88. The molecule has 0 heterocycles. The molecule has 0 aromatic carbocycles. The zero-order chi connectivity index (χ0) is 13.3. The fourth-order valence-electron chi connectivity index (χ4n) is 1.39. The Hall–Kier alpha value is -0.0400. The smallest absolute Gasteiger partial charge is 0.229 e. The van der Waals surface area contributed by atoms with Crippen molar-refractivity contribution in [2.75, 3.05) is 19.3 Å². The van der Waals surface area contributed by atoms with Crippen LogP contribution in [-0.2, 0) is 14.8 Å². The van der Waals surface area contributed by atoms with Gasteiger partial charge in [-0.3, -0.25) is 4.79 Å². The minimum atomic E-state index is -3.16. The van der Waals surface area contributed by atoms with Gasteiger partial charge in [0.2, 0.25) is 15.9 Å². The standard InChI is InChI=1S/C9H16Cl2N2O3S/c1-8(6-9(8,10)11)7(14)12-4-3-5-13-17(2,15)16/h13H,3-6H2,1-2H3,(H,12,14)/t8-/m0/s1. The van der Waals surface area contributed by atoms with Crippen molar-refractivity contribution < 1.29 is 13.2 Å². The van der Waals surface area contributed by atoms with Crippen LogP contribution in [0.5, 0.6) is 0 Å². The molecule has 1 saturated carbocycles. The van der Waals surface area contributed by atoms with E-state index in [9.17, 15) is 13.2 Å². The van der Waals surface area contributed by atoms with Crippen LogP contribution < -0.4 is 10.0 Å². The third-order valence-electron chi connectivity index (χ3n) is 2.76. The molecule has 2 N–H and O–H groups in total. The van der Waals surface area contributed by atoms with E-state index in [0.717, 1.165) is 6.26 Å². The number of amides is 1. The van der Waals surface area contributed by atoms with Gasteiger partial charge < -0.3 is 5.32 Å². The van der Waals surface area contributed by atoms with E-state index >= 15 is 0 Å². The van der Waals surface area contributed by atoms with Crippen LogP contribution in [0.1, 0.15) is 19.8 Å². The Morgan fingerprint density at radius 2 is 1.88 bits per heavy atom. The first kappa shape index (κ1) is 15.0. The van der Waals surface area contributed by atoms with Gasteiger partial charge in [0.1, 0.15) is 4.33 Å². The van der Waals surface area contributed by atoms with Gasteiger partial charge in [0.25, 0.3) is 0 Å². The molecule has 17 heavy (non-hydrogen) atoms. The number of sulfonamides is 1. The van der Waals surface area contributed by atoms with Crippen molar-refractivity contribution in [3.8, 4) is 0 Å². The summed E-state index contributed by atoms with van der Waals surface area (Å²) >= 11 is 11.7. The lowest BCUT2D eigenvalue weighted by atomic mass is 10.1. The maximum absolute atomic E-state index is 11.7. The lowest BCUT2D eigenvalue weighted by molar-refractivity contribution is -0.125. The van der Waals surface area contributed by atoms with Gasteiger partial charge in [0.05, 0.1) is 11.7 Å². The highest BCUT2D eigenvalue weighted by Crippen LogP contribution is 2.63. The van der Waals surface area contributed by atoms with Gasteiger partial charge in [-0.1, -0.05) is 0 Å². The van der Waals surface area contributed by atoms with Crippen molar-refractivity contribution in [3.63, 3.8) is 0 Å². The first-order chi connectivity index (χ1) is 7.58. The van der Waals surface area contributed by atoms with E-state index in [4.69, 9.17) is 23.2 Å². The zero-order valence-electron chi connectivity index (χ0n) is 9.72. The number of hydrogen-bond donors (Lipinski definition) is 2. The maximum Gasteiger partial charge on any atom is 0.229 e. The Morgan fingerprint density at radius 1 is 1.35 bits per heavy atom. The van der Waals surface area contributed by atoms with Crippen LogP contribution >= 0.6 is 23.2 Å². The van der Waals surface area contributed by atoms with Gasteiger partial charge in [-0.2, -0.15) is 0 Å². The number of alkyl halides is 2. The summed E-state index contributed by atoms with van der Waals surface area (Å²) in [7, 11) is -3.16. The predicted octanol–water partition coefficient (Wildman–Crippen LogP) is 0.626. The SMILES string of the molecule is C[C@@]1(C(=O)NCCCNS(C)(=O)=O)CC1(Cl)Cl. The minimum Gasteiger partial charge on any atom is -0.355 e. The Morgan fingerprint density at radius 3 is 2.29 bits per heavy atom. The molecule has 8 heteroatoms. The van der Waals surface area contributed by atoms with E-state index in [1.54, 1.807) is 6.92 Å². The number of halogens is 2. The average Bonchev–Trinajstić information content (AvgIpc) is 2.64. The average molecular weight is 303 g/mol. The number of nitrogens with one attached hydrogen (secondary N) is 2. The molecular formula is C9H16Cl2N2O3S. The fourth-order valence-corrected chi connectivity index (χ4v) is 2.61.